The molecule has 0 atom stereocenters. The highest BCUT2D eigenvalue weighted by molar-refractivity contribution is 5.95. The van der Waals surface area contributed by atoms with E-state index in [1.807, 2.05) is 0 Å². The summed E-state index contributed by atoms with van der Waals surface area (Å²) in [6.45, 7) is 0.0394. The second-order valence-corrected chi connectivity index (χ2v) is 3.71. The first-order valence-corrected chi connectivity index (χ1v) is 5.19. The molecule has 0 heterocycles. The number of rotatable bonds is 3. The van der Waals surface area contributed by atoms with E-state index in [-0.39, 0.29) is 23.5 Å². The molecular weight excluding hydrogens is 249 g/mol. The van der Waals surface area contributed by atoms with Gasteiger partial charge in [0, 0.05) is 12.1 Å². The fourth-order valence-corrected chi connectivity index (χ4v) is 1.40. The molecule has 1 amide bonds. The molecule has 0 radical (unpaired) electrons. The number of halogens is 3. The Labute approximate surface area is 102 Å². The number of benzene rings is 1. The lowest BCUT2D eigenvalue weighted by atomic mass is 10.1. The Morgan fingerprint density at radius 3 is 2.50 bits per heavy atom. The van der Waals surface area contributed by atoms with E-state index in [4.69, 9.17) is 5.73 Å². The van der Waals surface area contributed by atoms with Crippen LogP contribution in [0.4, 0.5) is 18.9 Å². The zero-order chi connectivity index (χ0) is 13.9. The highest BCUT2D eigenvalue weighted by atomic mass is 19.4. The molecule has 100 valence electrons. The number of nitrogens with two attached hydrogens (primary N) is 1. The minimum absolute atomic E-state index is 0.0344. The van der Waals surface area contributed by atoms with Gasteiger partial charge in [-0.15, -0.1) is 0 Å². The number of hydrogen-bond donors (Lipinski definition) is 2. The van der Waals surface area contributed by atoms with Crippen molar-refractivity contribution in [2.75, 3.05) is 18.8 Å². The largest absolute Gasteiger partial charge is 0.506 e. The highest BCUT2D eigenvalue weighted by Crippen LogP contribution is 2.23. The van der Waals surface area contributed by atoms with Gasteiger partial charge in [-0.3, -0.25) is 4.79 Å². The molecule has 0 aromatic heterocycles. The monoisotopic (exact) mass is 262 g/mol. The summed E-state index contributed by atoms with van der Waals surface area (Å²) in [6, 6.07) is 3.59. The van der Waals surface area contributed by atoms with Crippen molar-refractivity contribution in [3.05, 3.63) is 23.8 Å². The third-order valence-corrected chi connectivity index (χ3v) is 2.32. The van der Waals surface area contributed by atoms with Crippen LogP contribution < -0.4 is 5.73 Å². The van der Waals surface area contributed by atoms with Gasteiger partial charge < -0.3 is 15.7 Å². The molecule has 18 heavy (non-hydrogen) atoms. The summed E-state index contributed by atoms with van der Waals surface area (Å²) in [6.07, 6.45) is -4.46. The molecule has 0 aliphatic carbocycles. The second kappa shape index (κ2) is 5.16. The fourth-order valence-electron chi connectivity index (χ4n) is 1.40. The quantitative estimate of drug-likeness (QED) is 0.646. The zero-order valence-electron chi connectivity index (χ0n) is 9.66. The molecule has 0 saturated carbocycles. The van der Waals surface area contributed by atoms with E-state index in [2.05, 4.69) is 0 Å². The maximum atomic E-state index is 12.2. The number of hydrogen-bond acceptors (Lipinski definition) is 3. The number of aromatic hydroxyl groups is 1. The van der Waals surface area contributed by atoms with Crippen LogP contribution in [0.25, 0.3) is 0 Å². The minimum Gasteiger partial charge on any atom is -0.506 e. The first-order valence-electron chi connectivity index (χ1n) is 5.19. The molecule has 1 aromatic rings. The molecule has 0 bridgehead atoms. The van der Waals surface area contributed by atoms with Gasteiger partial charge in [-0.25, -0.2) is 0 Å². The predicted molar refractivity (Wildman–Crippen MR) is 60.2 cm³/mol. The zero-order valence-corrected chi connectivity index (χ0v) is 9.66. The van der Waals surface area contributed by atoms with E-state index in [1.54, 1.807) is 0 Å². The van der Waals surface area contributed by atoms with Crippen molar-refractivity contribution in [2.24, 2.45) is 0 Å². The van der Waals surface area contributed by atoms with Crippen LogP contribution in [0.1, 0.15) is 17.3 Å². The summed E-state index contributed by atoms with van der Waals surface area (Å²) < 4.78 is 36.7. The van der Waals surface area contributed by atoms with Gasteiger partial charge in [-0.05, 0) is 25.1 Å². The first-order chi connectivity index (χ1) is 8.24. The molecule has 0 fully saturated rings. The van der Waals surface area contributed by atoms with E-state index in [0.717, 1.165) is 6.07 Å². The number of nitrogen functional groups attached to an aromatic ring is 1. The van der Waals surface area contributed by atoms with E-state index < -0.39 is 18.6 Å². The van der Waals surface area contributed by atoms with E-state index in [1.165, 1.54) is 19.1 Å². The molecule has 0 saturated heterocycles. The molecule has 0 aliphatic rings. The number of phenolic OH excluding ortho intramolecular Hbond substituents is 1. The Morgan fingerprint density at radius 1 is 1.44 bits per heavy atom. The van der Waals surface area contributed by atoms with Gasteiger partial charge in [-0.1, -0.05) is 0 Å². The van der Waals surface area contributed by atoms with Gasteiger partial charge in [0.1, 0.15) is 12.3 Å². The van der Waals surface area contributed by atoms with Crippen molar-refractivity contribution < 1.29 is 23.1 Å². The lowest BCUT2D eigenvalue weighted by molar-refractivity contribution is -0.140. The van der Waals surface area contributed by atoms with Gasteiger partial charge >= 0.3 is 6.18 Å². The summed E-state index contributed by atoms with van der Waals surface area (Å²) in [5.41, 5.74) is 5.37. The first kappa shape index (κ1) is 14.1. The fraction of sp³-hybridized carbons (Fsp3) is 0.364. The van der Waals surface area contributed by atoms with Crippen molar-refractivity contribution in [1.29, 1.82) is 0 Å². The maximum Gasteiger partial charge on any atom is 0.406 e. The van der Waals surface area contributed by atoms with E-state index in [0.29, 0.717) is 4.90 Å². The van der Waals surface area contributed by atoms with Crippen LogP contribution in [-0.2, 0) is 0 Å². The van der Waals surface area contributed by atoms with Crippen molar-refractivity contribution in [3.63, 3.8) is 0 Å². The Hall–Kier alpha value is -1.92. The SMILES string of the molecule is CCN(CC(F)(F)F)C(=O)c1ccc(N)c(O)c1. The molecule has 0 spiro atoms. The maximum absolute atomic E-state index is 12.2. The van der Waals surface area contributed by atoms with Crippen LogP contribution in [0, 0.1) is 0 Å². The average Bonchev–Trinajstić information content (AvgIpc) is 2.27. The number of carbonyl (C=O) groups excluding carboxylic acids is 1. The molecule has 1 rings (SSSR count). The van der Waals surface area contributed by atoms with Crippen LogP contribution >= 0.6 is 0 Å². The lowest BCUT2D eigenvalue weighted by Crippen LogP contribution is -2.38. The normalized spacial score (nSPS) is 11.3. The highest BCUT2D eigenvalue weighted by Gasteiger charge is 2.32. The molecule has 0 aliphatic heterocycles. The summed E-state index contributed by atoms with van der Waals surface area (Å²) >= 11 is 0. The van der Waals surface area contributed by atoms with Gasteiger partial charge in [0.15, 0.2) is 0 Å². The number of anilines is 1. The van der Waals surface area contributed by atoms with Crippen molar-refractivity contribution in [3.8, 4) is 5.75 Å². The molecule has 0 unspecified atom stereocenters. The predicted octanol–water partition coefficient (Wildman–Crippen LogP) is 2.00. The van der Waals surface area contributed by atoms with Gasteiger partial charge in [0.25, 0.3) is 5.91 Å². The Balaban J connectivity index is 2.93. The van der Waals surface area contributed by atoms with Gasteiger partial charge in [-0.2, -0.15) is 13.2 Å². The lowest BCUT2D eigenvalue weighted by Gasteiger charge is -2.22. The number of amides is 1. The molecule has 7 heteroatoms. The Morgan fingerprint density at radius 2 is 2.06 bits per heavy atom. The minimum atomic E-state index is -4.46. The van der Waals surface area contributed by atoms with Crippen LogP contribution in [-0.4, -0.2) is 35.2 Å². The van der Waals surface area contributed by atoms with Crippen molar-refractivity contribution in [2.45, 2.75) is 13.1 Å². The van der Waals surface area contributed by atoms with Crippen molar-refractivity contribution >= 4 is 11.6 Å². The topological polar surface area (TPSA) is 66.6 Å². The Bertz CT molecular complexity index is 446. The summed E-state index contributed by atoms with van der Waals surface area (Å²) in [7, 11) is 0. The third kappa shape index (κ3) is 3.54. The summed E-state index contributed by atoms with van der Waals surface area (Å²) in [4.78, 5) is 12.4. The molecule has 4 nitrogen and oxygen atoms in total. The molecule has 1 aromatic carbocycles. The number of alkyl halides is 3. The molecular formula is C11H13F3N2O2. The number of carbonyl (C=O) groups is 1. The second-order valence-electron chi connectivity index (χ2n) is 3.71. The van der Waals surface area contributed by atoms with Crippen LogP contribution in [0.3, 0.4) is 0 Å². The summed E-state index contributed by atoms with van der Waals surface area (Å²) in [5, 5.41) is 9.32. The Kier molecular flexibility index (Phi) is 4.05. The van der Waals surface area contributed by atoms with Gasteiger partial charge in [0.2, 0.25) is 0 Å². The average molecular weight is 262 g/mol. The third-order valence-electron chi connectivity index (χ3n) is 2.32. The van der Waals surface area contributed by atoms with Crippen molar-refractivity contribution in [1.82, 2.24) is 4.90 Å². The summed E-state index contributed by atoms with van der Waals surface area (Å²) in [5.74, 6) is -1.13. The van der Waals surface area contributed by atoms with E-state index >= 15 is 0 Å². The smallest absolute Gasteiger partial charge is 0.406 e. The van der Waals surface area contributed by atoms with Crippen LogP contribution in [0.2, 0.25) is 0 Å². The van der Waals surface area contributed by atoms with E-state index in [9.17, 15) is 23.1 Å². The number of phenols is 1. The standard InChI is InChI=1S/C11H13F3N2O2/c1-2-16(6-11(12,13)14)10(18)7-3-4-8(15)9(17)5-7/h3-5,17H,2,6,15H2,1H3. The molecule has 3 N–H and O–H groups in total. The van der Waals surface area contributed by atoms with Crippen LogP contribution in [0.15, 0.2) is 18.2 Å². The van der Waals surface area contributed by atoms with Gasteiger partial charge in [0.05, 0.1) is 5.69 Å². The number of nitrogens with zero attached hydrogens (tertiary/aromatic N) is 1. The van der Waals surface area contributed by atoms with Crippen LogP contribution in [0.5, 0.6) is 5.75 Å².